The van der Waals surface area contributed by atoms with Crippen molar-refractivity contribution in [3.05, 3.63) is 22.4 Å². The second kappa shape index (κ2) is 8.94. The van der Waals surface area contributed by atoms with Crippen LogP contribution in [0.15, 0.2) is 16.7 Å². The van der Waals surface area contributed by atoms with Crippen LogP contribution < -0.4 is 5.32 Å². The summed E-state index contributed by atoms with van der Waals surface area (Å²) in [5.74, 6) is 0.869. The molecule has 1 fully saturated rings. The molecule has 6 heteroatoms. The van der Waals surface area contributed by atoms with Gasteiger partial charge in [0.25, 0.3) is 5.91 Å². The summed E-state index contributed by atoms with van der Waals surface area (Å²) in [6.45, 7) is 10.2. The molecule has 0 bridgehead atoms. The molecule has 1 saturated heterocycles. The molecule has 0 saturated carbocycles. The lowest BCUT2D eigenvalue weighted by Gasteiger charge is -2.32. The Morgan fingerprint density at radius 2 is 2.05 bits per heavy atom. The molecule has 22 heavy (non-hydrogen) atoms. The number of halogens is 2. The van der Waals surface area contributed by atoms with E-state index in [0.29, 0.717) is 12.0 Å². The first-order valence-electron chi connectivity index (χ1n) is 7.90. The predicted molar refractivity (Wildman–Crippen MR) is 96.9 cm³/mol. The normalized spacial score (nSPS) is 16.0. The average molecular weight is 393 g/mol. The minimum absolute atomic E-state index is 0. The summed E-state index contributed by atoms with van der Waals surface area (Å²) >= 11 is 3.48. The second-order valence-corrected chi connectivity index (χ2v) is 7.00. The monoisotopic (exact) mass is 391 g/mol. The molecule has 1 aromatic heterocycles. The zero-order chi connectivity index (χ0) is 15.4. The Morgan fingerprint density at radius 1 is 1.41 bits per heavy atom. The van der Waals surface area contributed by atoms with E-state index < -0.39 is 0 Å². The zero-order valence-corrected chi connectivity index (χ0v) is 16.0. The van der Waals surface area contributed by atoms with Crippen molar-refractivity contribution >= 4 is 34.2 Å². The zero-order valence-electron chi connectivity index (χ0n) is 13.6. The fourth-order valence-electron chi connectivity index (χ4n) is 2.89. The lowest BCUT2D eigenvalue weighted by Crippen LogP contribution is -2.41. The highest BCUT2D eigenvalue weighted by molar-refractivity contribution is 9.10. The molecule has 1 N–H and O–H groups in total. The van der Waals surface area contributed by atoms with E-state index >= 15 is 0 Å². The lowest BCUT2D eigenvalue weighted by molar-refractivity contribution is 0.0677. The van der Waals surface area contributed by atoms with Crippen molar-refractivity contribution in [2.75, 3.05) is 26.2 Å². The van der Waals surface area contributed by atoms with Crippen LogP contribution in [-0.2, 0) is 0 Å². The summed E-state index contributed by atoms with van der Waals surface area (Å²) in [6, 6.07) is 2.23. The van der Waals surface area contributed by atoms with Gasteiger partial charge in [-0.15, -0.1) is 12.4 Å². The van der Waals surface area contributed by atoms with Gasteiger partial charge in [0.05, 0.1) is 0 Å². The summed E-state index contributed by atoms with van der Waals surface area (Å²) in [5.41, 5.74) is 0.794. The standard InChI is InChI=1S/C16H26BrN3O.ClH/c1-4-18-10-13-5-7-19(8-6-13)16(21)15-9-14(17)11-20(15)12(2)3;/h9,11-13,18H,4-8,10H2,1-3H3;1H. The highest BCUT2D eigenvalue weighted by atomic mass is 79.9. The number of likely N-dealkylation sites (tertiary alicyclic amines) is 1. The number of aromatic nitrogens is 1. The molecule has 2 rings (SSSR count). The van der Waals surface area contributed by atoms with Crippen LogP contribution in [0.25, 0.3) is 0 Å². The third-order valence-electron chi connectivity index (χ3n) is 4.18. The van der Waals surface area contributed by atoms with Crippen LogP contribution in [0.2, 0.25) is 0 Å². The van der Waals surface area contributed by atoms with E-state index in [1.54, 1.807) is 0 Å². The van der Waals surface area contributed by atoms with Crippen LogP contribution in [0.5, 0.6) is 0 Å². The van der Waals surface area contributed by atoms with Crippen LogP contribution in [-0.4, -0.2) is 41.6 Å². The van der Waals surface area contributed by atoms with Gasteiger partial charge >= 0.3 is 0 Å². The quantitative estimate of drug-likeness (QED) is 0.829. The van der Waals surface area contributed by atoms with E-state index in [0.717, 1.165) is 49.2 Å². The van der Waals surface area contributed by atoms with Crippen LogP contribution in [0.1, 0.15) is 50.1 Å². The van der Waals surface area contributed by atoms with Gasteiger partial charge in [-0.25, -0.2) is 0 Å². The molecule has 0 spiro atoms. The summed E-state index contributed by atoms with van der Waals surface area (Å²) in [7, 11) is 0. The molecule has 126 valence electrons. The van der Waals surface area contributed by atoms with Gasteiger partial charge in [-0.2, -0.15) is 0 Å². The topological polar surface area (TPSA) is 37.3 Å². The van der Waals surface area contributed by atoms with E-state index in [4.69, 9.17) is 0 Å². The van der Waals surface area contributed by atoms with Crippen molar-refractivity contribution in [1.29, 1.82) is 0 Å². The van der Waals surface area contributed by atoms with Crippen molar-refractivity contribution < 1.29 is 4.79 Å². The van der Waals surface area contributed by atoms with Crippen LogP contribution in [0, 0.1) is 5.92 Å². The number of piperidine rings is 1. The van der Waals surface area contributed by atoms with Gasteiger partial charge in [-0.1, -0.05) is 6.92 Å². The third-order valence-corrected chi connectivity index (χ3v) is 4.61. The van der Waals surface area contributed by atoms with E-state index in [2.05, 4.69) is 46.6 Å². The third kappa shape index (κ3) is 4.74. The van der Waals surface area contributed by atoms with E-state index in [1.807, 2.05) is 17.2 Å². The molecule has 1 aliphatic rings. The van der Waals surface area contributed by atoms with Gasteiger partial charge < -0.3 is 14.8 Å². The van der Waals surface area contributed by atoms with Gasteiger partial charge in [0.15, 0.2) is 0 Å². The average Bonchev–Trinajstić information content (AvgIpc) is 2.87. The van der Waals surface area contributed by atoms with Crippen molar-refractivity contribution in [2.45, 2.75) is 39.7 Å². The maximum Gasteiger partial charge on any atom is 0.270 e. The van der Waals surface area contributed by atoms with Crippen LogP contribution >= 0.6 is 28.3 Å². The molecule has 1 aliphatic heterocycles. The first kappa shape index (κ1) is 19.5. The molecule has 0 aliphatic carbocycles. The van der Waals surface area contributed by atoms with E-state index in [9.17, 15) is 4.79 Å². The van der Waals surface area contributed by atoms with Crippen molar-refractivity contribution in [1.82, 2.24) is 14.8 Å². The summed E-state index contributed by atoms with van der Waals surface area (Å²) in [5, 5.41) is 3.41. The molecular weight excluding hydrogens is 366 g/mol. The van der Waals surface area contributed by atoms with Crippen LogP contribution in [0.4, 0.5) is 0 Å². The van der Waals surface area contributed by atoms with Crippen molar-refractivity contribution in [3.63, 3.8) is 0 Å². The summed E-state index contributed by atoms with van der Waals surface area (Å²) < 4.78 is 3.03. The number of amides is 1. The molecule has 0 unspecified atom stereocenters. The number of hydrogen-bond donors (Lipinski definition) is 1. The van der Waals surface area contributed by atoms with Crippen LogP contribution in [0.3, 0.4) is 0 Å². The molecule has 1 aromatic rings. The Morgan fingerprint density at radius 3 is 2.59 bits per heavy atom. The highest BCUT2D eigenvalue weighted by Gasteiger charge is 2.25. The minimum atomic E-state index is 0. The second-order valence-electron chi connectivity index (χ2n) is 6.09. The number of hydrogen-bond acceptors (Lipinski definition) is 2. The van der Waals surface area contributed by atoms with Crippen molar-refractivity contribution in [3.8, 4) is 0 Å². The molecule has 0 radical (unpaired) electrons. The number of nitrogens with zero attached hydrogens (tertiary/aromatic N) is 2. The van der Waals surface area contributed by atoms with Gasteiger partial charge in [0, 0.05) is 29.8 Å². The first-order valence-corrected chi connectivity index (χ1v) is 8.69. The predicted octanol–water partition coefficient (Wildman–Crippen LogP) is 3.72. The van der Waals surface area contributed by atoms with Gasteiger partial charge in [-0.3, -0.25) is 4.79 Å². The number of carbonyl (C=O) groups excluding carboxylic acids is 1. The SMILES string of the molecule is CCNCC1CCN(C(=O)c2cc(Br)cn2C(C)C)CC1.Cl. The van der Waals surface area contributed by atoms with Gasteiger partial charge in [0.1, 0.15) is 5.69 Å². The Bertz CT molecular complexity index is 482. The Kier molecular flexibility index (Phi) is 7.94. The molecular formula is C16H27BrClN3O. The molecule has 0 aromatic carbocycles. The van der Waals surface area contributed by atoms with E-state index in [-0.39, 0.29) is 18.3 Å². The minimum Gasteiger partial charge on any atom is -0.340 e. The molecule has 0 atom stereocenters. The number of rotatable bonds is 5. The molecule has 2 heterocycles. The Hall–Kier alpha value is -0.520. The molecule has 4 nitrogen and oxygen atoms in total. The fourth-order valence-corrected chi connectivity index (χ4v) is 3.33. The smallest absolute Gasteiger partial charge is 0.270 e. The maximum absolute atomic E-state index is 12.7. The number of nitrogens with one attached hydrogen (secondary N) is 1. The molecule has 1 amide bonds. The lowest BCUT2D eigenvalue weighted by atomic mass is 9.96. The van der Waals surface area contributed by atoms with Gasteiger partial charge in [-0.05, 0) is 67.7 Å². The number of carbonyl (C=O) groups is 1. The Balaban J connectivity index is 0.00000242. The maximum atomic E-state index is 12.7. The summed E-state index contributed by atoms with van der Waals surface area (Å²) in [6.07, 6.45) is 4.19. The first-order chi connectivity index (χ1) is 10.0. The Labute approximate surface area is 148 Å². The van der Waals surface area contributed by atoms with E-state index in [1.165, 1.54) is 0 Å². The largest absolute Gasteiger partial charge is 0.340 e. The van der Waals surface area contributed by atoms with Crippen molar-refractivity contribution in [2.24, 2.45) is 5.92 Å². The van der Waals surface area contributed by atoms with Gasteiger partial charge in [0.2, 0.25) is 0 Å². The fraction of sp³-hybridized carbons (Fsp3) is 0.688. The highest BCUT2D eigenvalue weighted by Crippen LogP contribution is 2.23. The summed E-state index contributed by atoms with van der Waals surface area (Å²) in [4.78, 5) is 14.7.